The molecule has 3 nitrogen and oxygen atoms in total. The van der Waals surface area contributed by atoms with Crippen molar-refractivity contribution in [2.24, 2.45) is 7.05 Å². The van der Waals surface area contributed by atoms with E-state index in [2.05, 4.69) is 49.2 Å². The predicted octanol–water partition coefficient (Wildman–Crippen LogP) is 2.85. The Labute approximate surface area is 111 Å². The molecule has 1 aliphatic rings. The number of aryl methyl sites for hydroxylation is 1. The molecule has 1 atom stereocenters. The SMILES string of the molecule is CCC1(CC)CC(NCc2ccn(C)c2)CCO1. The molecule has 1 N–H and O–H groups in total. The van der Waals surface area contributed by atoms with E-state index in [1.165, 1.54) is 5.56 Å². The molecular formula is C15H26N2O. The van der Waals surface area contributed by atoms with Crippen LogP contribution in [-0.2, 0) is 18.3 Å². The summed E-state index contributed by atoms with van der Waals surface area (Å²) >= 11 is 0. The van der Waals surface area contributed by atoms with E-state index in [-0.39, 0.29) is 5.60 Å². The van der Waals surface area contributed by atoms with Gasteiger partial charge in [-0.2, -0.15) is 0 Å². The van der Waals surface area contributed by atoms with Gasteiger partial charge in [-0.3, -0.25) is 0 Å². The van der Waals surface area contributed by atoms with E-state index in [0.717, 1.165) is 38.8 Å². The highest BCUT2D eigenvalue weighted by atomic mass is 16.5. The van der Waals surface area contributed by atoms with Crippen molar-refractivity contribution in [3.63, 3.8) is 0 Å². The van der Waals surface area contributed by atoms with Crippen LogP contribution < -0.4 is 5.32 Å². The minimum absolute atomic E-state index is 0.118. The van der Waals surface area contributed by atoms with E-state index in [1.54, 1.807) is 0 Å². The van der Waals surface area contributed by atoms with E-state index < -0.39 is 0 Å². The van der Waals surface area contributed by atoms with E-state index in [9.17, 15) is 0 Å². The molecule has 102 valence electrons. The van der Waals surface area contributed by atoms with Gasteiger partial charge < -0.3 is 14.6 Å². The van der Waals surface area contributed by atoms with Gasteiger partial charge in [0, 0.05) is 38.6 Å². The second kappa shape index (κ2) is 5.89. The zero-order valence-electron chi connectivity index (χ0n) is 11.9. The van der Waals surface area contributed by atoms with Crippen LogP contribution in [0.25, 0.3) is 0 Å². The number of rotatable bonds is 5. The topological polar surface area (TPSA) is 26.2 Å². The van der Waals surface area contributed by atoms with Crippen LogP contribution in [0.2, 0.25) is 0 Å². The van der Waals surface area contributed by atoms with Gasteiger partial charge in [0.15, 0.2) is 0 Å². The van der Waals surface area contributed by atoms with Gasteiger partial charge in [0.2, 0.25) is 0 Å². The van der Waals surface area contributed by atoms with E-state index in [1.807, 2.05) is 0 Å². The molecule has 0 aliphatic carbocycles. The highest BCUT2D eigenvalue weighted by molar-refractivity contribution is 5.09. The zero-order valence-corrected chi connectivity index (χ0v) is 11.9. The summed E-state index contributed by atoms with van der Waals surface area (Å²) in [4.78, 5) is 0. The maximum absolute atomic E-state index is 6.01. The van der Waals surface area contributed by atoms with Crippen LogP contribution >= 0.6 is 0 Å². The second-order valence-corrected chi connectivity index (χ2v) is 5.49. The summed E-state index contributed by atoms with van der Waals surface area (Å²) in [5.41, 5.74) is 1.48. The van der Waals surface area contributed by atoms with Crippen LogP contribution in [0.15, 0.2) is 18.5 Å². The molecule has 2 heterocycles. The molecule has 0 amide bonds. The first-order valence-corrected chi connectivity index (χ1v) is 7.15. The molecule has 0 aromatic carbocycles. The number of hydrogen-bond acceptors (Lipinski definition) is 2. The van der Waals surface area contributed by atoms with E-state index >= 15 is 0 Å². The van der Waals surface area contributed by atoms with Crippen molar-refractivity contribution in [1.29, 1.82) is 0 Å². The van der Waals surface area contributed by atoms with Crippen LogP contribution in [0, 0.1) is 0 Å². The third-order valence-electron chi connectivity index (χ3n) is 4.27. The Balaban J connectivity index is 1.86. The Hall–Kier alpha value is -0.800. The minimum atomic E-state index is 0.118. The average Bonchev–Trinajstić information content (AvgIpc) is 2.82. The van der Waals surface area contributed by atoms with Gasteiger partial charge in [0.1, 0.15) is 0 Å². The van der Waals surface area contributed by atoms with Gasteiger partial charge in [-0.25, -0.2) is 0 Å². The van der Waals surface area contributed by atoms with Crippen molar-refractivity contribution in [1.82, 2.24) is 9.88 Å². The molecule has 0 radical (unpaired) electrons. The van der Waals surface area contributed by atoms with Crippen molar-refractivity contribution in [2.75, 3.05) is 6.61 Å². The number of hydrogen-bond donors (Lipinski definition) is 1. The number of nitrogens with zero attached hydrogens (tertiary/aromatic N) is 1. The van der Waals surface area contributed by atoms with Gasteiger partial charge in [-0.05, 0) is 37.3 Å². The third kappa shape index (κ3) is 3.15. The van der Waals surface area contributed by atoms with Gasteiger partial charge in [-0.15, -0.1) is 0 Å². The second-order valence-electron chi connectivity index (χ2n) is 5.49. The quantitative estimate of drug-likeness (QED) is 0.869. The zero-order chi connectivity index (χ0) is 13.0. The maximum Gasteiger partial charge on any atom is 0.0692 e. The lowest BCUT2D eigenvalue weighted by Gasteiger charge is -2.40. The molecule has 18 heavy (non-hydrogen) atoms. The molecule has 1 aliphatic heterocycles. The molecule has 1 aromatic rings. The molecule has 2 rings (SSSR count). The summed E-state index contributed by atoms with van der Waals surface area (Å²) in [6.07, 6.45) is 8.80. The molecule has 1 fully saturated rings. The summed E-state index contributed by atoms with van der Waals surface area (Å²) in [7, 11) is 2.07. The van der Waals surface area contributed by atoms with Crippen molar-refractivity contribution in [3.05, 3.63) is 24.0 Å². The monoisotopic (exact) mass is 250 g/mol. The summed E-state index contributed by atoms with van der Waals surface area (Å²) in [6.45, 7) is 6.34. The fourth-order valence-corrected chi connectivity index (χ4v) is 2.87. The Bertz CT molecular complexity index is 368. The Morgan fingerprint density at radius 3 is 2.83 bits per heavy atom. The molecule has 0 spiro atoms. The van der Waals surface area contributed by atoms with E-state index in [4.69, 9.17) is 4.74 Å². The fraction of sp³-hybridized carbons (Fsp3) is 0.733. The summed E-state index contributed by atoms with van der Waals surface area (Å²) in [6, 6.07) is 2.78. The maximum atomic E-state index is 6.01. The normalized spacial score (nSPS) is 23.2. The molecular weight excluding hydrogens is 224 g/mol. The Kier molecular flexibility index (Phi) is 4.46. The number of nitrogens with one attached hydrogen (secondary N) is 1. The lowest BCUT2D eigenvalue weighted by atomic mass is 9.86. The van der Waals surface area contributed by atoms with Crippen molar-refractivity contribution in [3.8, 4) is 0 Å². The minimum Gasteiger partial charge on any atom is -0.375 e. The van der Waals surface area contributed by atoms with Crippen LogP contribution in [-0.4, -0.2) is 22.8 Å². The fourth-order valence-electron chi connectivity index (χ4n) is 2.87. The van der Waals surface area contributed by atoms with Crippen molar-refractivity contribution >= 4 is 0 Å². The average molecular weight is 250 g/mol. The van der Waals surface area contributed by atoms with Gasteiger partial charge in [-0.1, -0.05) is 13.8 Å². The van der Waals surface area contributed by atoms with Gasteiger partial charge in [0.25, 0.3) is 0 Å². The summed E-state index contributed by atoms with van der Waals surface area (Å²) in [5, 5.41) is 3.68. The van der Waals surface area contributed by atoms with Crippen molar-refractivity contribution < 1.29 is 4.74 Å². The lowest BCUT2D eigenvalue weighted by Crippen LogP contribution is -2.46. The molecule has 0 bridgehead atoms. The highest BCUT2D eigenvalue weighted by Crippen LogP contribution is 2.31. The van der Waals surface area contributed by atoms with Gasteiger partial charge in [0.05, 0.1) is 5.60 Å². The predicted molar refractivity (Wildman–Crippen MR) is 74.5 cm³/mol. The Morgan fingerprint density at radius 1 is 1.44 bits per heavy atom. The highest BCUT2D eigenvalue weighted by Gasteiger charge is 2.34. The third-order valence-corrected chi connectivity index (χ3v) is 4.27. The first-order valence-electron chi connectivity index (χ1n) is 7.15. The van der Waals surface area contributed by atoms with E-state index in [0.29, 0.717) is 6.04 Å². The molecule has 0 saturated carbocycles. The van der Waals surface area contributed by atoms with Crippen LogP contribution in [0.4, 0.5) is 0 Å². The largest absolute Gasteiger partial charge is 0.375 e. The molecule has 1 saturated heterocycles. The number of aromatic nitrogens is 1. The summed E-state index contributed by atoms with van der Waals surface area (Å²) in [5.74, 6) is 0. The summed E-state index contributed by atoms with van der Waals surface area (Å²) < 4.78 is 8.11. The first kappa shape index (κ1) is 13.6. The molecule has 1 aromatic heterocycles. The molecule has 3 heteroatoms. The molecule has 1 unspecified atom stereocenters. The van der Waals surface area contributed by atoms with Gasteiger partial charge >= 0.3 is 0 Å². The Morgan fingerprint density at radius 2 is 2.22 bits per heavy atom. The van der Waals surface area contributed by atoms with Crippen LogP contribution in [0.1, 0.15) is 45.1 Å². The standard InChI is InChI=1S/C15H26N2O/c1-4-15(5-2)10-14(7-9-18-15)16-11-13-6-8-17(3)12-13/h6,8,12,14,16H,4-5,7,9-11H2,1-3H3. The smallest absolute Gasteiger partial charge is 0.0692 e. The number of ether oxygens (including phenoxy) is 1. The lowest BCUT2D eigenvalue weighted by molar-refractivity contribution is -0.0932. The van der Waals surface area contributed by atoms with Crippen LogP contribution in [0.3, 0.4) is 0 Å². The van der Waals surface area contributed by atoms with Crippen LogP contribution in [0.5, 0.6) is 0 Å². The first-order chi connectivity index (χ1) is 8.67. The van der Waals surface area contributed by atoms with Crippen molar-refractivity contribution in [2.45, 2.75) is 57.7 Å².